The van der Waals surface area contributed by atoms with Crippen LogP contribution in [0, 0.1) is 6.92 Å². The Balaban J connectivity index is 1.43. The van der Waals surface area contributed by atoms with Crippen molar-refractivity contribution >= 4 is 5.91 Å². The summed E-state index contributed by atoms with van der Waals surface area (Å²) in [7, 11) is 3.20. The highest BCUT2D eigenvalue weighted by Crippen LogP contribution is 2.29. The predicted molar refractivity (Wildman–Crippen MR) is 115 cm³/mol. The van der Waals surface area contributed by atoms with Crippen LogP contribution >= 0.6 is 0 Å². The van der Waals surface area contributed by atoms with Gasteiger partial charge in [0.25, 0.3) is 5.91 Å². The van der Waals surface area contributed by atoms with Gasteiger partial charge in [-0.1, -0.05) is 30.3 Å². The molecule has 0 unspecified atom stereocenters. The SMILES string of the molecule is COc1cc(C(=O)NCCN2CCN(Cc3ccccc3)CC2)cc(OC)c1C. The Morgan fingerprint density at radius 1 is 0.966 bits per heavy atom. The van der Waals surface area contributed by atoms with Gasteiger partial charge in [0.1, 0.15) is 11.5 Å². The minimum Gasteiger partial charge on any atom is -0.496 e. The second kappa shape index (κ2) is 10.3. The maximum Gasteiger partial charge on any atom is 0.251 e. The monoisotopic (exact) mass is 397 g/mol. The van der Waals surface area contributed by atoms with Crippen LogP contribution in [-0.2, 0) is 6.54 Å². The van der Waals surface area contributed by atoms with E-state index in [0.717, 1.165) is 44.8 Å². The maximum absolute atomic E-state index is 12.5. The van der Waals surface area contributed by atoms with Crippen molar-refractivity contribution in [2.45, 2.75) is 13.5 Å². The summed E-state index contributed by atoms with van der Waals surface area (Å²) in [6.07, 6.45) is 0. The van der Waals surface area contributed by atoms with Gasteiger partial charge in [-0.2, -0.15) is 0 Å². The Morgan fingerprint density at radius 2 is 1.55 bits per heavy atom. The molecule has 1 fully saturated rings. The predicted octanol–water partition coefficient (Wildman–Crippen LogP) is 2.56. The first-order chi connectivity index (χ1) is 14.1. The standard InChI is InChI=1S/C23H31N3O3/c1-18-21(28-2)15-20(16-22(18)29-3)23(27)24-9-10-25-11-13-26(14-12-25)17-19-7-5-4-6-8-19/h4-8,15-16H,9-14,17H2,1-3H3,(H,24,27). The second-order valence-electron chi connectivity index (χ2n) is 7.37. The zero-order chi connectivity index (χ0) is 20.6. The summed E-state index contributed by atoms with van der Waals surface area (Å²) in [4.78, 5) is 17.4. The molecule has 0 atom stereocenters. The number of carbonyl (C=O) groups is 1. The Hall–Kier alpha value is -2.57. The van der Waals surface area contributed by atoms with Gasteiger partial charge in [0.2, 0.25) is 0 Å². The van der Waals surface area contributed by atoms with Crippen LogP contribution in [0.1, 0.15) is 21.5 Å². The molecule has 1 N–H and O–H groups in total. The molecule has 1 aliphatic rings. The molecule has 156 valence electrons. The summed E-state index contributed by atoms with van der Waals surface area (Å²) in [5.41, 5.74) is 2.80. The van der Waals surface area contributed by atoms with Gasteiger partial charge in [-0.15, -0.1) is 0 Å². The summed E-state index contributed by atoms with van der Waals surface area (Å²) in [6, 6.07) is 14.1. The number of piperazine rings is 1. The Bertz CT molecular complexity index is 777. The third-order valence-electron chi connectivity index (χ3n) is 5.44. The van der Waals surface area contributed by atoms with Crippen molar-refractivity contribution in [2.24, 2.45) is 0 Å². The largest absolute Gasteiger partial charge is 0.496 e. The van der Waals surface area contributed by atoms with Crippen LogP contribution in [0.5, 0.6) is 11.5 Å². The van der Waals surface area contributed by atoms with E-state index in [0.29, 0.717) is 23.6 Å². The van der Waals surface area contributed by atoms with Gasteiger partial charge in [0.05, 0.1) is 14.2 Å². The van der Waals surface area contributed by atoms with E-state index in [1.165, 1.54) is 5.56 Å². The number of nitrogens with zero attached hydrogens (tertiary/aromatic N) is 2. The van der Waals surface area contributed by atoms with E-state index in [2.05, 4.69) is 45.4 Å². The van der Waals surface area contributed by atoms with E-state index in [-0.39, 0.29) is 5.91 Å². The van der Waals surface area contributed by atoms with Crippen LogP contribution in [0.25, 0.3) is 0 Å². The summed E-state index contributed by atoms with van der Waals surface area (Å²) >= 11 is 0. The molecule has 0 aromatic heterocycles. The summed E-state index contributed by atoms with van der Waals surface area (Å²) in [5.74, 6) is 1.21. The summed E-state index contributed by atoms with van der Waals surface area (Å²) in [5, 5.41) is 3.01. The lowest BCUT2D eigenvalue weighted by Crippen LogP contribution is -2.48. The maximum atomic E-state index is 12.5. The molecule has 0 radical (unpaired) electrons. The van der Waals surface area contributed by atoms with E-state index in [4.69, 9.17) is 9.47 Å². The van der Waals surface area contributed by atoms with Crippen LogP contribution in [0.4, 0.5) is 0 Å². The normalized spacial score (nSPS) is 15.1. The number of hydrogen-bond donors (Lipinski definition) is 1. The number of ether oxygens (including phenoxy) is 2. The fraction of sp³-hybridized carbons (Fsp3) is 0.435. The van der Waals surface area contributed by atoms with E-state index in [9.17, 15) is 4.79 Å². The lowest BCUT2D eigenvalue weighted by atomic mass is 10.1. The molecule has 3 rings (SSSR count). The number of nitrogens with one attached hydrogen (secondary N) is 1. The van der Waals surface area contributed by atoms with Crippen molar-refractivity contribution in [3.63, 3.8) is 0 Å². The lowest BCUT2D eigenvalue weighted by Gasteiger charge is -2.34. The highest BCUT2D eigenvalue weighted by Gasteiger charge is 2.17. The number of hydrogen-bond acceptors (Lipinski definition) is 5. The minimum atomic E-state index is -0.107. The summed E-state index contributed by atoms with van der Waals surface area (Å²) in [6.45, 7) is 8.54. The Labute approximate surface area is 173 Å². The number of methoxy groups -OCH3 is 2. The first-order valence-corrected chi connectivity index (χ1v) is 10.1. The minimum absolute atomic E-state index is 0.107. The van der Waals surface area contributed by atoms with Gasteiger partial charge in [-0.3, -0.25) is 14.6 Å². The zero-order valence-electron chi connectivity index (χ0n) is 17.6. The lowest BCUT2D eigenvalue weighted by molar-refractivity contribution is 0.0933. The fourth-order valence-electron chi connectivity index (χ4n) is 3.66. The van der Waals surface area contributed by atoms with E-state index in [1.807, 2.05) is 6.92 Å². The van der Waals surface area contributed by atoms with Crippen LogP contribution in [0.3, 0.4) is 0 Å². The molecule has 29 heavy (non-hydrogen) atoms. The van der Waals surface area contributed by atoms with Gasteiger partial charge in [0.15, 0.2) is 0 Å². The topological polar surface area (TPSA) is 54.0 Å². The van der Waals surface area contributed by atoms with Gasteiger partial charge in [-0.05, 0) is 24.6 Å². The highest BCUT2D eigenvalue weighted by atomic mass is 16.5. The van der Waals surface area contributed by atoms with Crippen molar-refractivity contribution in [3.05, 3.63) is 59.2 Å². The molecule has 0 bridgehead atoms. The first-order valence-electron chi connectivity index (χ1n) is 10.1. The highest BCUT2D eigenvalue weighted by molar-refractivity contribution is 5.95. The van der Waals surface area contributed by atoms with Crippen molar-refractivity contribution in [1.29, 1.82) is 0 Å². The molecule has 6 heteroatoms. The van der Waals surface area contributed by atoms with Crippen LogP contribution in [0.15, 0.2) is 42.5 Å². The van der Waals surface area contributed by atoms with E-state index < -0.39 is 0 Å². The molecule has 0 spiro atoms. The van der Waals surface area contributed by atoms with Gasteiger partial charge >= 0.3 is 0 Å². The van der Waals surface area contributed by atoms with E-state index >= 15 is 0 Å². The molecular formula is C23H31N3O3. The molecule has 1 saturated heterocycles. The molecule has 0 aliphatic carbocycles. The van der Waals surface area contributed by atoms with Crippen molar-refractivity contribution in [3.8, 4) is 11.5 Å². The molecule has 1 aliphatic heterocycles. The van der Waals surface area contributed by atoms with Crippen LogP contribution in [-0.4, -0.2) is 69.2 Å². The van der Waals surface area contributed by atoms with Gasteiger partial charge < -0.3 is 14.8 Å². The molecule has 2 aromatic rings. The van der Waals surface area contributed by atoms with Crippen molar-refractivity contribution in [1.82, 2.24) is 15.1 Å². The number of rotatable bonds is 8. The number of carbonyl (C=O) groups excluding carboxylic acids is 1. The Morgan fingerprint density at radius 3 is 2.14 bits per heavy atom. The number of amides is 1. The van der Waals surface area contributed by atoms with Crippen molar-refractivity contribution < 1.29 is 14.3 Å². The van der Waals surface area contributed by atoms with Crippen LogP contribution in [0.2, 0.25) is 0 Å². The van der Waals surface area contributed by atoms with E-state index in [1.54, 1.807) is 26.4 Å². The summed E-state index contributed by atoms with van der Waals surface area (Å²) < 4.78 is 10.7. The molecule has 6 nitrogen and oxygen atoms in total. The smallest absolute Gasteiger partial charge is 0.251 e. The molecule has 1 amide bonds. The van der Waals surface area contributed by atoms with Gasteiger partial charge in [0, 0.05) is 56.9 Å². The average molecular weight is 398 g/mol. The number of benzene rings is 2. The molecule has 1 heterocycles. The Kier molecular flexibility index (Phi) is 7.49. The molecule has 0 saturated carbocycles. The quantitative estimate of drug-likeness (QED) is 0.742. The zero-order valence-corrected chi connectivity index (χ0v) is 17.6. The average Bonchev–Trinajstić information content (AvgIpc) is 2.75. The van der Waals surface area contributed by atoms with Gasteiger partial charge in [-0.25, -0.2) is 0 Å². The third kappa shape index (κ3) is 5.71. The first kappa shape index (κ1) is 21.1. The fourth-order valence-corrected chi connectivity index (χ4v) is 3.66. The second-order valence-corrected chi connectivity index (χ2v) is 7.37. The van der Waals surface area contributed by atoms with Crippen molar-refractivity contribution in [2.75, 3.05) is 53.5 Å². The third-order valence-corrected chi connectivity index (χ3v) is 5.44. The molecular weight excluding hydrogens is 366 g/mol. The molecule has 2 aromatic carbocycles. The van der Waals surface area contributed by atoms with Crippen LogP contribution < -0.4 is 14.8 Å².